The molecule has 0 aliphatic rings. The summed E-state index contributed by atoms with van der Waals surface area (Å²) in [6, 6.07) is 14.7. The van der Waals surface area contributed by atoms with Gasteiger partial charge in [0.05, 0.1) is 13.5 Å². The normalized spacial score (nSPS) is 9.44. The standard InChI is InChI=1S/C10H10O2.C8H8Br2O.Cl2OS/c1-8(11)7-10(12)9-5-3-2-4-6-9;1-11-7-2-3-8(10)6(4-7)5-9;1-4(2)3/h2-6H,7H2,1H3;2-4H,5H2,1H3;. The van der Waals surface area contributed by atoms with Crippen LogP contribution in [-0.4, -0.2) is 22.9 Å². The van der Waals surface area contributed by atoms with Gasteiger partial charge in [-0.1, -0.05) is 62.2 Å². The van der Waals surface area contributed by atoms with E-state index in [4.69, 9.17) is 8.95 Å². The fraction of sp³-hybridized carbons (Fsp3) is 0.222. The molecule has 27 heavy (non-hydrogen) atoms. The second kappa shape index (κ2) is 15.2. The molecule has 0 aromatic heterocycles. The van der Waals surface area contributed by atoms with E-state index in [9.17, 15) is 9.59 Å². The lowest BCUT2D eigenvalue weighted by Crippen LogP contribution is -2.04. The number of halogens is 4. The van der Waals surface area contributed by atoms with Gasteiger partial charge < -0.3 is 4.74 Å². The van der Waals surface area contributed by atoms with E-state index in [0.29, 0.717) is 5.56 Å². The summed E-state index contributed by atoms with van der Waals surface area (Å²) < 4.78 is 15.3. The lowest BCUT2D eigenvalue weighted by Gasteiger charge is -2.03. The molecular formula is C18H18Br2Cl2O4S. The Morgan fingerprint density at radius 1 is 1.11 bits per heavy atom. The molecule has 0 atom stereocenters. The molecule has 148 valence electrons. The zero-order valence-electron chi connectivity index (χ0n) is 14.6. The Kier molecular flexibility index (Phi) is 14.8. The molecule has 0 aliphatic heterocycles. The van der Waals surface area contributed by atoms with E-state index in [0.717, 1.165) is 15.6 Å². The molecule has 0 unspecified atom stereocenters. The van der Waals surface area contributed by atoms with Gasteiger partial charge in [-0.2, -0.15) is 0 Å². The van der Waals surface area contributed by atoms with Crippen molar-refractivity contribution in [2.75, 3.05) is 7.11 Å². The molecule has 4 nitrogen and oxygen atoms in total. The molecule has 0 heterocycles. The molecule has 2 rings (SSSR count). The first kappa shape index (κ1) is 26.3. The Bertz CT molecular complexity index is 754. The lowest BCUT2D eigenvalue weighted by molar-refractivity contribution is -0.116. The van der Waals surface area contributed by atoms with Crippen molar-refractivity contribution in [1.29, 1.82) is 0 Å². The summed E-state index contributed by atoms with van der Waals surface area (Å²) >= 11 is 6.82. The van der Waals surface area contributed by atoms with Gasteiger partial charge in [-0.3, -0.25) is 9.59 Å². The van der Waals surface area contributed by atoms with E-state index < -0.39 is 9.23 Å². The topological polar surface area (TPSA) is 60.4 Å². The summed E-state index contributed by atoms with van der Waals surface area (Å²) in [6.07, 6.45) is 0.00398. The highest BCUT2D eigenvalue weighted by molar-refractivity contribution is 9.10. The van der Waals surface area contributed by atoms with Crippen molar-refractivity contribution in [2.24, 2.45) is 0 Å². The Morgan fingerprint density at radius 3 is 2.11 bits per heavy atom. The number of carbonyl (C=O) groups excluding carboxylic acids is 2. The van der Waals surface area contributed by atoms with Crippen molar-refractivity contribution in [1.82, 2.24) is 0 Å². The van der Waals surface area contributed by atoms with Crippen molar-refractivity contribution >= 4 is 74.0 Å². The molecule has 0 spiro atoms. The van der Waals surface area contributed by atoms with Crippen LogP contribution in [0, 0.1) is 0 Å². The Balaban J connectivity index is 0.000000421. The van der Waals surface area contributed by atoms with Crippen LogP contribution in [0.25, 0.3) is 0 Å². The van der Waals surface area contributed by atoms with Gasteiger partial charge in [-0.05, 0) is 30.7 Å². The van der Waals surface area contributed by atoms with Crippen LogP contribution < -0.4 is 4.74 Å². The maximum atomic E-state index is 11.2. The number of alkyl halides is 1. The number of benzene rings is 2. The van der Waals surface area contributed by atoms with Gasteiger partial charge in [-0.15, -0.1) is 0 Å². The third-order valence-corrected chi connectivity index (χ3v) is 4.28. The Labute approximate surface area is 187 Å². The fourth-order valence-electron chi connectivity index (χ4n) is 1.73. The van der Waals surface area contributed by atoms with E-state index in [1.165, 1.54) is 12.5 Å². The van der Waals surface area contributed by atoms with Crippen LogP contribution in [-0.2, 0) is 19.4 Å². The molecule has 0 N–H and O–H groups in total. The van der Waals surface area contributed by atoms with Gasteiger partial charge >= 0.3 is 0 Å². The van der Waals surface area contributed by atoms with Gasteiger partial charge in [0.15, 0.2) is 5.78 Å². The molecule has 2 aromatic rings. The number of hydrogen-bond donors (Lipinski definition) is 0. The van der Waals surface area contributed by atoms with Crippen LogP contribution in [0.1, 0.15) is 29.3 Å². The van der Waals surface area contributed by atoms with E-state index in [2.05, 4.69) is 53.2 Å². The molecule has 9 heteroatoms. The second-order valence-corrected chi connectivity index (χ2v) is 8.88. The molecular weight excluding hydrogens is 543 g/mol. The fourth-order valence-corrected chi connectivity index (χ4v) is 2.96. The quantitative estimate of drug-likeness (QED) is 0.188. The molecule has 0 radical (unpaired) electrons. The van der Waals surface area contributed by atoms with Crippen molar-refractivity contribution < 1.29 is 18.5 Å². The molecule has 0 saturated carbocycles. The first-order valence-corrected chi connectivity index (χ1v) is 12.1. The zero-order valence-corrected chi connectivity index (χ0v) is 20.1. The number of hydrogen-bond acceptors (Lipinski definition) is 4. The van der Waals surface area contributed by atoms with Gasteiger partial charge in [-0.25, -0.2) is 4.21 Å². The van der Waals surface area contributed by atoms with Crippen LogP contribution in [0.2, 0.25) is 0 Å². The highest BCUT2D eigenvalue weighted by Crippen LogP contribution is 2.23. The maximum Gasteiger partial charge on any atom is 0.211 e. The smallest absolute Gasteiger partial charge is 0.211 e. The van der Waals surface area contributed by atoms with Crippen LogP contribution in [0.3, 0.4) is 0 Å². The van der Waals surface area contributed by atoms with Gasteiger partial charge in [0, 0.05) is 36.7 Å². The maximum absolute atomic E-state index is 11.2. The van der Waals surface area contributed by atoms with Crippen LogP contribution >= 0.6 is 53.2 Å². The highest BCUT2D eigenvalue weighted by Gasteiger charge is 2.06. The zero-order chi connectivity index (χ0) is 20.8. The number of methoxy groups -OCH3 is 1. The van der Waals surface area contributed by atoms with E-state index in [-0.39, 0.29) is 18.0 Å². The van der Waals surface area contributed by atoms with Crippen molar-refractivity contribution in [3.8, 4) is 5.75 Å². The van der Waals surface area contributed by atoms with E-state index in [1.54, 1.807) is 31.4 Å². The van der Waals surface area contributed by atoms with Crippen LogP contribution in [0.4, 0.5) is 0 Å². The minimum atomic E-state index is -1.67. The summed E-state index contributed by atoms with van der Waals surface area (Å²) in [5.74, 6) is 0.689. The van der Waals surface area contributed by atoms with Crippen LogP contribution in [0.15, 0.2) is 53.0 Å². The summed E-state index contributed by atoms with van der Waals surface area (Å²) in [6.45, 7) is 1.42. The highest BCUT2D eigenvalue weighted by atomic mass is 79.9. The number of ether oxygens (including phenoxy) is 1. The van der Waals surface area contributed by atoms with E-state index >= 15 is 0 Å². The number of ketones is 2. The van der Waals surface area contributed by atoms with Gasteiger partial charge in [0.25, 0.3) is 0 Å². The number of rotatable bonds is 5. The molecule has 0 fully saturated rings. The monoisotopic (exact) mass is 558 g/mol. The third-order valence-electron chi connectivity index (χ3n) is 2.90. The average molecular weight is 561 g/mol. The Morgan fingerprint density at radius 2 is 1.67 bits per heavy atom. The van der Waals surface area contributed by atoms with E-state index in [1.807, 2.05) is 24.3 Å². The van der Waals surface area contributed by atoms with Crippen molar-refractivity contribution in [3.63, 3.8) is 0 Å². The summed E-state index contributed by atoms with van der Waals surface area (Å²) in [5, 5.41) is 0.838. The van der Waals surface area contributed by atoms with Crippen molar-refractivity contribution in [3.05, 3.63) is 64.1 Å². The van der Waals surface area contributed by atoms with Crippen LogP contribution in [0.5, 0.6) is 5.75 Å². The molecule has 0 saturated heterocycles. The average Bonchev–Trinajstić information content (AvgIpc) is 2.62. The molecule has 2 aromatic carbocycles. The van der Waals surface area contributed by atoms with Gasteiger partial charge in [0.2, 0.25) is 9.23 Å². The summed E-state index contributed by atoms with van der Waals surface area (Å²) in [5.41, 5.74) is 1.80. The third kappa shape index (κ3) is 13.1. The molecule has 0 amide bonds. The minimum absolute atomic E-state index is 0.00398. The SMILES string of the molecule is CC(=O)CC(=O)c1ccccc1.COc1ccc(Br)c(CBr)c1.O=S(Cl)Cl. The minimum Gasteiger partial charge on any atom is -0.497 e. The van der Waals surface area contributed by atoms with Gasteiger partial charge in [0.1, 0.15) is 11.5 Å². The first-order valence-electron chi connectivity index (χ1n) is 7.41. The number of carbonyl (C=O) groups is 2. The van der Waals surface area contributed by atoms with Crippen molar-refractivity contribution in [2.45, 2.75) is 18.7 Å². The second-order valence-electron chi connectivity index (χ2n) is 4.94. The summed E-state index contributed by atoms with van der Waals surface area (Å²) in [7, 11) is 9.03. The first-order chi connectivity index (χ1) is 12.7. The number of Topliss-reactive ketones (excluding diaryl/α,β-unsaturated/α-hetero) is 2. The summed E-state index contributed by atoms with van der Waals surface area (Å²) in [4.78, 5) is 21.8. The predicted octanol–water partition coefficient (Wildman–Crippen LogP) is 6.24. The predicted molar refractivity (Wildman–Crippen MR) is 119 cm³/mol. The Hall–Kier alpha value is -0.730. The lowest BCUT2D eigenvalue weighted by atomic mass is 10.1. The molecule has 0 aliphatic carbocycles. The largest absolute Gasteiger partial charge is 0.497 e. The molecule has 0 bridgehead atoms.